The lowest BCUT2D eigenvalue weighted by Gasteiger charge is -2.07. The van der Waals surface area contributed by atoms with Gasteiger partial charge in [-0.3, -0.25) is 0 Å². The van der Waals surface area contributed by atoms with E-state index in [9.17, 15) is 0 Å². The summed E-state index contributed by atoms with van der Waals surface area (Å²) in [5.74, 6) is 0. The molecule has 1 nitrogen and oxygen atoms in total. The third kappa shape index (κ3) is 5.84. The minimum Gasteiger partial charge on any atom is -0.327 e. The number of nitrogens with two attached hydrogens (primary N) is 1. The summed E-state index contributed by atoms with van der Waals surface area (Å²) in [6.45, 7) is 4.32. The summed E-state index contributed by atoms with van der Waals surface area (Å²) in [7, 11) is 0. The van der Waals surface area contributed by atoms with E-state index in [2.05, 4.69) is 20.3 Å². The Labute approximate surface area is 58.6 Å². The van der Waals surface area contributed by atoms with Gasteiger partial charge in [0.1, 0.15) is 0 Å². The highest BCUT2D eigenvalue weighted by atomic mass is 14.6. The van der Waals surface area contributed by atoms with Crippen molar-refractivity contribution in [1.29, 1.82) is 0 Å². The molecular formula is C8H18N. The van der Waals surface area contributed by atoms with Crippen LogP contribution in [0.3, 0.4) is 0 Å². The number of hydrogen-bond donors (Lipinski definition) is 1. The Morgan fingerprint density at radius 1 is 1.44 bits per heavy atom. The Morgan fingerprint density at radius 3 is 2.56 bits per heavy atom. The van der Waals surface area contributed by atoms with Crippen molar-refractivity contribution < 1.29 is 0 Å². The van der Waals surface area contributed by atoms with Crippen molar-refractivity contribution in [3.63, 3.8) is 0 Å². The van der Waals surface area contributed by atoms with Crippen LogP contribution >= 0.6 is 0 Å². The van der Waals surface area contributed by atoms with Crippen LogP contribution in [-0.2, 0) is 0 Å². The van der Waals surface area contributed by atoms with Gasteiger partial charge in [-0.05, 0) is 12.8 Å². The second-order valence-electron chi connectivity index (χ2n) is 2.45. The first-order chi connectivity index (χ1) is 4.31. The van der Waals surface area contributed by atoms with Crippen LogP contribution in [-0.4, -0.2) is 6.04 Å². The van der Waals surface area contributed by atoms with E-state index < -0.39 is 0 Å². The molecule has 0 heterocycles. The third-order valence-corrected chi connectivity index (χ3v) is 1.43. The van der Waals surface area contributed by atoms with E-state index >= 15 is 0 Å². The molecule has 9 heavy (non-hydrogen) atoms. The van der Waals surface area contributed by atoms with E-state index in [1.807, 2.05) is 0 Å². The number of hydrogen-bond acceptors (Lipinski definition) is 1. The molecule has 0 saturated heterocycles. The summed E-state index contributed by atoms with van der Waals surface area (Å²) < 4.78 is 0. The summed E-state index contributed by atoms with van der Waals surface area (Å²) in [6, 6.07) is 0.343. The van der Waals surface area contributed by atoms with Crippen LogP contribution in [0.2, 0.25) is 0 Å². The molecule has 0 aromatic rings. The number of rotatable bonds is 5. The fourth-order valence-corrected chi connectivity index (χ4v) is 0.860. The smallest absolute Gasteiger partial charge is 0.00702 e. The molecule has 2 N–H and O–H groups in total. The lowest BCUT2D eigenvalue weighted by atomic mass is 10.1. The minimum atomic E-state index is 0.343. The Morgan fingerprint density at radius 2 is 2.11 bits per heavy atom. The predicted octanol–water partition coefficient (Wildman–Crippen LogP) is 2.12. The van der Waals surface area contributed by atoms with Crippen LogP contribution in [0.1, 0.15) is 39.5 Å². The zero-order valence-electron chi connectivity index (χ0n) is 6.56. The molecule has 1 atom stereocenters. The Bertz CT molecular complexity index is 52.5. The van der Waals surface area contributed by atoms with Gasteiger partial charge in [-0.2, -0.15) is 0 Å². The first kappa shape index (κ1) is 8.96. The highest BCUT2D eigenvalue weighted by molar-refractivity contribution is 4.77. The molecule has 0 amide bonds. The van der Waals surface area contributed by atoms with E-state index in [1.165, 1.54) is 12.8 Å². The summed E-state index contributed by atoms with van der Waals surface area (Å²) in [4.78, 5) is 0. The SMILES string of the molecule is CC[CH]C(N)CCCC. The molecule has 1 radical (unpaired) electrons. The van der Waals surface area contributed by atoms with Gasteiger partial charge in [0.25, 0.3) is 0 Å². The summed E-state index contributed by atoms with van der Waals surface area (Å²) in [5.41, 5.74) is 5.71. The fourth-order valence-electron chi connectivity index (χ4n) is 0.860. The van der Waals surface area contributed by atoms with E-state index in [0.717, 1.165) is 12.8 Å². The van der Waals surface area contributed by atoms with E-state index in [4.69, 9.17) is 5.73 Å². The quantitative estimate of drug-likeness (QED) is 0.603. The van der Waals surface area contributed by atoms with Crippen LogP contribution in [0.15, 0.2) is 0 Å². The standard InChI is InChI=1S/C8H18N/c1-3-5-7-8(9)6-4-2/h6,8H,3-5,7,9H2,1-2H3. The van der Waals surface area contributed by atoms with Crippen molar-refractivity contribution in [2.24, 2.45) is 5.73 Å². The summed E-state index contributed by atoms with van der Waals surface area (Å²) in [6.07, 6.45) is 6.95. The molecule has 0 aromatic heterocycles. The van der Waals surface area contributed by atoms with Gasteiger partial charge < -0.3 is 5.73 Å². The first-order valence-corrected chi connectivity index (χ1v) is 3.90. The van der Waals surface area contributed by atoms with Crippen molar-refractivity contribution in [2.75, 3.05) is 0 Å². The van der Waals surface area contributed by atoms with Crippen LogP contribution in [0.4, 0.5) is 0 Å². The van der Waals surface area contributed by atoms with Crippen molar-refractivity contribution in [3.8, 4) is 0 Å². The normalized spacial score (nSPS) is 13.7. The van der Waals surface area contributed by atoms with Gasteiger partial charge in [0.2, 0.25) is 0 Å². The largest absolute Gasteiger partial charge is 0.327 e. The molecule has 0 bridgehead atoms. The van der Waals surface area contributed by atoms with Gasteiger partial charge in [-0.15, -0.1) is 0 Å². The molecule has 0 aromatic carbocycles. The van der Waals surface area contributed by atoms with Crippen LogP contribution in [0.5, 0.6) is 0 Å². The maximum absolute atomic E-state index is 5.71. The third-order valence-electron chi connectivity index (χ3n) is 1.43. The second kappa shape index (κ2) is 6.09. The first-order valence-electron chi connectivity index (χ1n) is 3.90. The van der Waals surface area contributed by atoms with Crippen LogP contribution in [0.25, 0.3) is 0 Å². The van der Waals surface area contributed by atoms with Crippen molar-refractivity contribution in [1.82, 2.24) is 0 Å². The van der Waals surface area contributed by atoms with Gasteiger partial charge in [-0.25, -0.2) is 0 Å². The lowest BCUT2D eigenvalue weighted by molar-refractivity contribution is 0.616. The zero-order valence-corrected chi connectivity index (χ0v) is 6.56. The molecule has 0 saturated carbocycles. The van der Waals surface area contributed by atoms with Gasteiger partial charge in [0, 0.05) is 6.04 Å². The Kier molecular flexibility index (Phi) is 6.06. The molecule has 55 valence electrons. The molecule has 0 aliphatic heterocycles. The Balaban J connectivity index is 2.95. The fraction of sp³-hybridized carbons (Fsp3) is 0.875. The second-order valence-corrected chi connectivity index (χ2v) is 2.45. The average Bonchev–Trinajstić information content (AvgIpc) is 1.85. The highest BCUT2D eigenvalue weighted by Gasteiger charge is 1.97. The van der Waals surface area contributed by atoms with E-state index in [0.29, 0.717) is 6.04 Å². The summed E-state index contributed by atoms with van der Waals surface area (Å²) >= 11 is 0. The van der Waals surface area contributed by atoms with Crippen molar-refractivity contribution in [3.05, 3.63) is 6.42 Å². The predicted molar refractivity (Wildman–Crippen MR) is 42.1 cm³/mol. The van der Waals surface area contributed by atoms with Crippen molar-refractivity contribution >= 4 is 0 Å². The zero-order chi connectivity index (χ0) is 7.11. The molecule has 1 unspecified atom stereocenters. The van der Waals surface area contributed by atoms with Gasteiger partial charge >= 0.3 is 0 Å². The molecule has 0 spiro atoms. The maximum atomic E-state index is 5.71. The van der Waals surface area contributed by atoms with E-state index in [-0.39, 0.29) is 0 Å². The van der Waals surface area contributed by atoms with Crippen LogP contribution < -0.4 is 5.73 Å². The topological polar surface area (TPSA) is 26.0 Å². The molecule has 0 aliphatic rings. The van der Waals surface area contributed by atoms with Crippen molar-refractivity contribution in [2.45, 2.75) is 45.6 Å². The molecule has 0 rings (SSSR count). The highest BCUT2D eigenvalue weighted by Crippen LogP contribution is 2.01. The van der Waals surface area contributed by atoms with Gasteiger partial charge in [0.05, 0.1) is 0 Å². The molecule has 0 aliphatic carbocycles. The monoisotopic (exact) mass is 128 g/mol. The average molecular weight is 128 g/mol. The van der Waals surface area contributed by atoms with Crippen LogP contribution in [0, 0.1) is 6.42 Å². The minimum absolute atomic E-state index is 0.343. The van der Waals surface area contributed by atoms with Gasteiger partial charge in [-0.1, -0.05) is 33.1 Å². The number of unbranched alkanes of at least 4 members (excludes halogenated alkanes) is 1. The summed E-state index contributed by atoms with van der Waals surface area (Å²) in [5, 5.41) is 0. The van der Waals surface area contributed by atoms with Gasteiger partial charge in [0.15, 0.2) is 0 Å². The van der Waals surface area contributed by atoms with E-state index in [1.54, 1.807) is 0 Å². The maximum Gasteiger partial charge on any atom is 0.00702 e. The molecule has 0 fully saturated rings. The lowest BCUT2D eigenvalue weighted by Crippen LogP contribution is -2.19. The molecule has 1 heteroatoms. The Hall–Kier alpha value is -0.0400. The molecular weight excluding hydrogens is 110 g/mol.